The molecule has 0 saturated heterocycles. The SMILES string of the molecule is [CH3][In][CH]1C=CC=C1. The molecule has 0 aromatic heterocycles. The van der Waals surface area contributed by atoms with Crippen molar-refractivity contribution in [2.24, 2.45) is 0 Å². The van der Waals surface area contributed by atoms with Gasteiger partial charge in [0.25, 0.3) is 0 Å². The summed E-state index contributed by atoms with van der Waals surface area (Å²) in [7, 11) is 0. The number of hydrogen-bond donors (Lipinski definition) is 0. The molecule has 1 rings (SSSR count). The average Bonchev–Trinajstić information content (AvgIpc) is 2.14. The maximum absolute atomic E-state index is 2.39. The van der Waals surface area contributed by atoms with Crippen molar-refractivity contribution >= 4 is 22.9 Å². The molecule has 0 bridgehead atoms. The second-order valence-electron chi connectivity index (χ2n) is 1.68. The minimum atomic E-state index is -0.161. The number of hydrogen-bond acceptors (Lipinski definition) is 0. The van der Waals surface area contributed by atoms with Gasteiger partial charge in [-0.05, 0) is 0 Å². The van der Waals surface area contributed by atoms with Crippen LogP contribution >= 0.6 is 0 Å². The van der Waals surface area contributed by atoms with E-state index in [9.17, 15) is 0 Å². The normalized spacial score (nSPS) is 18.4. The molecule has 1 aliphatic rings. The van der Waals surface area contributed by atoms with Crippen LogP contribution in [-0.4, -0.2) is 22.9 Å². The monoisotopic (exact) mass is 195 g/mol. The van der Waals surface area contributed by atoms with Crippen LogP contribution in [0, 0.1) is 0 Å². The molecule has 0 spiro atoms. The molecule has 0 atom stereocenters. The molecule has 0 nitrogen and oxygen atoms in total. The third-order valence-electron chi connectivity index (χ3n) is 1.16. The molecule has 1 radical (unpaired) electrons. The van der Waals surface area contributed by atoms with Gasteiger partial charge in [-0.2, -0.15) is 0 Å². The van der Waals surface area contributed by atoms with E-state index in [2.05, 4.69) is 29.0 Å². The van der Waals surface area contributed by atoms with Crippen LogP contribution in [0.2, 0.25) is 8.35 Å². The zero-order chi connectivity index (χ0) is 5.11. The minimum absolute atomic E-state index is 0.161. The van der Waals surface area contributed by atoms with Gasteiger partial charge < -0.3 is 0 Å². The molecule has 0 amide bonds. The summed E-state index contributed by atoms with van der Waals surface area (Å²) in [6.45, 7) is 0. The van der Waals surface area contributed by atoms with Crippen LogP contribution in [0.1, 0.15) is 0 Å². The van der Waals surface area contributed by atoms with Crippen LogP contribution in [-0.2, 0) is 0 Å². The van der Waals surface area contributed by atoms with E-state index in [1.165, 1.54) is 0 Å². The van der Waals surface area contributed by atoms with E-state index in [0.29, 0.717) is 0 Å². The standard InChI is InChI=1S/C5H5.CH3.In/c1-2-4-5-3-1;;/h1-5H;1H3;. The van der Waals surface area contributed by atoms with Crippen LogP contribution < -0.4 is 0 Å². The van der Waals surface area contributed by atoms with Crippen LogP contribution in [0.4, 0.5) is 0 Å². The van der Waals surface area contributed by atoms with Gasteiger partial charge in [0.1, 0.15) is 0 Å². The molecule has 0 fully saturated rings. The maximum atomic E-state index is 2.39. The van der Waals surface area contributed by atoms with Crippen molar-refractivity contribution in [2.45, 2.75) is 8.35 Å². The molecule has 35 valence electrons. The summed E-state index contributed by atoms with van der Waals surface area (Å²) < 4.78 is 3.32. The Labute approximate surface area is 55.7 Å². The van der Waals surface area contributed by atoms with Crippen molar-refractivity contribution in [3.05, 3.63) is 24.3 Å². The second kappa shape index (κ2) is 2.61. The Bertz CT molecular complexity index is 90.7. The van der Waals surface area contributed by atoms with E-state index in [1.54, 1.807) is 0 Å². The molecule has 0 saturated carbocycles. The fourth-order valence-electron chi connectivity index (χ4n) is 0.671. The van der Waals surface area contributed by atoms with Crippen molar-refractivity contribution in [1.82, 2.24) is 0 Å². The first-order chi connectivity index (χ1) is 3.43. The summed E-state index contributed by atoms with van der Waals surface area (Å²) in [5.74, 6) is 0. The summed E-state index contributed by atoms with van der Waals surface area (Å²) in [4.78, 5) is 0. The van der Waals surface area contributed by atoms with Gasteiger partial charge in [-0.15, -0.1) is 0 Å². The van der Waals surface area contributed by atoms with Crippen molar-refractivity contribution in [3.8, 4) is 0 Å². The first kappa shape index (κ1) is 5.49. The summed E-state index contributed by atoms with van der Waals surface area (Å²) in [5, 5.41) is 0. The van der Waals surface area contributed by atoms with Gasteiger partial charge in [0.15, 0.2) is 0 Å². The van der Waals surface area contributed by atoms with Gasteiger partial charge in [-0.25, -0.2) is 0 Å². The predicted octanol–water partition coefficient (Wildman–Crippen LogP) is 1.65. The molecule has 1 heteroatoms. The van der Waals surface area contributed by atoms with Gasteiger partial charge in [0.05, 0.1) is 0 Å². The number of allylic oxidation sites excluding steroid dienone is 4. The molecular formula is C6H8In. The van der Waals surface area contributed by atoms with Crippen LogP contribution in [0.3, 0.4) is 0 Å². The Balaban J connectivity index is 2.44. The zero-order valence-electron chi connectivity index (χ0n) is 4.46. The summed E-state index contributed by atoms with van der Waals surface area (Å²) in [6.07, 6.45) is 8.92. The number of rotatable bonds is 1. The van der Waals surface area contributed by atoms with Gasteiger partial charge >= 0.3 is 55.6 Å². The van der Waals surface area contributed by atoms with E-state index in [4.69, 9.17) is 0 Å². The fourth-order valence-corrected chi connectivity index (χ4v) is 2.67. The fraction of sp³-hybridized carbons (Fsp3) is 0.333. The van der Waals surface area contributed by atoms with Gasteiger partial charge in [0, 0.05) is 0 Å². The molecular weight excluding hydrogens is 187 g/mol. The van der Waals surface area contributed by atoms with Gasteiger partial charge in [0.2, 0.25) is 0 Å². The summed E-state index contributed by atoms with van der Waals surface area (Å²) >= 11 is -0.161. The molecule has 0 aromatic rings. The van der Waals surface area contributed by atoms with E-state index in [1.807, 2.05) is 0 Å². The molecule has 0 heterocycles. The third-order valence-corrected chi connectivity index (χ3v) is 4.63. The first-order valence-corrected chi connectivity index (χ1v) is 7.78. The van der Waals surface area contributed by atoms with Crippen LogP contribution in [0.5, 0.6) is 0 Å². The Hall–Kier alpha value is 0.350. The zero-order valence-corrected chi connectivity index (χ0v) is 7.76. The predicted molar refractivity (Wildman–Crippen MR) is 33.6 cm³/mol. The van der Waals surface area contributed by atoms with Crippen molar-refractivity contribution in [2.75, 3.05) is 0 Å². The quantitative estimate of drug-likeness (QED) is 0.596. The van der Waals surface area contributed by atoms with Gasteiger partial charge in [-0.1, -0.05) is 0 Å². The summed E-state index contributed by atoms with van der Waals surface area (Å²) in [6, 6.07) is 0. The average molecular weight is 195 g/mol. The Kier molecular flexibility index (Phi) is 2.04. The third kappa shape index (κ3) is 1.37. The second-order valence-corrected chi connectivity index (χ2v) is 5.78. The van der Waals surface area contributed by atoms with Crippen LogP contribution in [0.15, 0.2) is 24.3 Å². The van der Waals surface area contributed by atoms with Crippen molar-refractivity contribution < 1.29 is 0 Å². The van der Waals surface area contributed by atoms with E-state index in [0.717, 1.165) is 3.67 Å². The van der Waals surface area contributed by atoms with Gasteiger partial charge in [-0.3, -0.25) is 0 Å². The molecule has 0 unspecified atom stereocenters. The topological polar surface area (TPSA) is 0 Å². The molecule has 0 aliphatic heterocycles. The Morgan fingerprint density at radius 1 is 1.29 bits per heavy atom. The molecule has 0 N–H and O–H groups in total. The van der Waals surface area contributed by atoms with E-state index >= 15 is 0 Å². The van der Waals surface area contributed by atoms with E-state index in [-0.39, 0.29) is 22.9 Å². The first-order valence-electron chi connectivity index (χ1n) is 2.58. The van der Waals surface area contributed by atoms with E-state index < -0.39 is 0 Å². The van der Waals surface area contributed by atoms with Crippen LogP contribution in [0.25, 0.3) is 0 Å². The summed E-state index contributed by atoms with van der Waals surface area (Å²) in [5.41, 5.74) is 0. The Morgan fingerprint density at radius 2 is 1.86 bits per heavy atom. The molecule has 0 aromatic carbocycles. The Morgan fingerprint density at radius 3 is 2.14 bits per heavy atom. The molecule has 1 aliphatic carbocycles. The van der Waals surface area contributed by atoms with Crippen molar-refractivity contribution in [1.29, 1.82) is 0 Å². The molecule has 7 heavy (non-hydrogen) atoms. The van der Waals surface area contributed by atoms with Crippen molar-refractivity contribution in [3.63, 3.8) is 0 Å².